The molecule has 1 aliphatic rings. The van der Waals surface area contributed by atoms with Crippen molar-refractivity contribution in [3.8, 4) is 0 Å². The van der Waals surface area contributed by atoms with Crippen LogP contribution in [0.3, 0.4) is 0 Å². The molecular formula is C14H19ClFNO2. The van der Waals surface area contributed by atoms with Crippen LogP contribution in [0.2, 0.25) is 5.02 Å². The lowest BCUT2D eigenvalue weighted by Gasteiger charge is -2.18. The van der Waals surface area contributed by atoms with E-state index in [9.17, 15) is 4.39 Å². The number of hydrogen-bond acceptors (Lipinski definition) is 3. The van der Waals surface area contributed by atoms with E-state index in [4.69, 9.17) is 21.1 Å². The van der Waals surface area contributed by atoms with Crippen molar-refractivity contribution < 1.29 is 13.9 Å². The van der Waals surface area contributed by atoms with Gasteiger partial charge in [-0.15, -0.1) is 0 Å². The largest absolute Gasteiger partial charge is 0.343 e. The first-order chi connectivity index (χ1) is 8.89. The predicted molar refractivity (Wildman–Crippen MR) is 72.8 cm³/mol. The van der Waals surface area contributed by atoms with Gasteiger partial charge in [-0.1, -0.05) is 23.7 Å². The Morgan fingerprint density at radius 1 is 1.47 bits per heavy atom. The summed E-state index contributed by atoms with van der Waals surface area (Å²) in [6.45, 7) is 5.34. The van der Waals surface area contributed by atoms with Crippen LogP contribution in [0.1, 0.15) is 32.4 Å². The average Bonchev–Trinajstić information content (AvgIpc) is 3.01. The number of halogens is 2. The summed E-state index contributed by atoms with van der Waals surface area (Å²) in [6, 6.07) is 6.72. The molecule has 1 aromatic rings. The minimum Gasteiger partial charge on any atom is -0.343 e. The van der Waals surface area contributed by atoms with Gasteiger partial charge < -0.3 is 9.47 Å². The van der Waals surface area contributed by atoms with Crippen LogP contribution in [0.4, 0.5) is 4.39 Å². The standard InChI is InChI=1S/C14H19ClFNO2/c1-14(2,3)19-13-12(18-13)17-11(8-16)9-5-4-6-10(15)7-9/h4-7,11-13,17H,8H2,1-3H3. The van der Waals surface area contributed by atoms with E-state index in [-0.39, 0.29) is 18.1 Å². The smallest absolute Gasteiger partial charge is 0.200 e. The molecule has 1 N–H and O–H groups in total. The van der Waals surface area contributed by atoms with Crippen molar-refractivity contribution in [2.45, 2.75) is 44.9 Å². The minimum atomic E-state index is -0.525. The summed E-state index contributed by atoms with van der Waals surface area (Å²) in [4.78, 5) is 0. The normalized spacial score (nSPS) is 24.3. The van der Waals surface area contributed by atoms with Gasteiger partial charge in [0.05, 0.1) is 11.6 Å². The Morgan fingerprint density at radius 2 is 2.21 bits per heavy atom. The molecule has 1 saturated heterocycles. The number of epoxide rings is 1. The summed E-state index contributed by atoms with van der Waals surface area (Å²) in [7, 11) is 0. The van der Waals surface area contributed by atoms with Crippen molar-refractivity contribution in [1.29, 1.82) is 0 Å². The van der Waals surface area contributed by atoms with Gasteiger partial charge in [-0.2, -0.15) is 0 Å². The monoisotopic (exact) mass is 287 g/mol. The zero-order chi connectivity index (χ0) is 14.0. The summed E-state index contributed by atoms with van der Waals surface area (Å²) in [6.07, 6.45) is -0.577. The average molecular weight is 288 g/mol. The SMILES string of the molecule is CC(C)(C)OC1OC1NC(CF)c1cccc(Cl)c1. The van der Waals surface area contributed by atoms with E-state index in [1.807, 2.05) is 26.8 Å². The number of hydrogen-bond donors (Lipinski definition) is 1. The highest BCUT2D eigenvalue weighted by Gasteiger charge is 2.44. The summed E-state index contributed by atoms with van der Waals surface area (Å²) in [5.74, 6) is 0. The Bertz CT molecular complexity index is 436. The molecule has 0 spiro atoms. The lowest BCUT2D eigenvalue weighted by Crippen LogP contribution is -2.30. The van der Waals surface area contributed by atoms with Crippen molar-refractivity contribution in [3.63, 3.8) is 0 Å². The third-order valence-electron chi connectivity index (χ3n) is 2.69. The molecule has 1 heterocycles. The molecule has 0 bridgehead atoms. The van der Waals surface area contributed by atoms with E-state index >= 15 is 0 Å². The van der Waals surface area contributed by atoms with Gasteiger partial charge in [0.25, 0.3) is 0 Å². The van der Waals surface area contributed by atoms with Crippen molar-refractivity contribution in [2.24, 2.45) is 0 Å². The second-order valence-corrected chi connectivity index (χ2v) is 6.02. The molecule has 3 nitrogen and oxygen atoms in total. The van der Waals surface area contributed by atoms with Gasteiger partial charge in [-0.25, -0.2) is 4.39 Å². The summed E-state index contributed by atoms with van der Waals surface area (Å²) in [5.41, 5.74) is 0.530. The van der Waals surface area contributed by atoms with Gasteiger partial charge in [-0.05, 0) is 38.5 Å². The highest BCUT2D eigenvalue weighted by atomic mass is 35.5. The zero-order valence-corrected chi connectivity index (χ0v) is 12.1. The van der Waals surface area contributed by atoms with Crippen molar-refractivity contribution in [2.75, 3.05) is 6.67 Å². The quantitative estimate of drug-likeness (QED) is 0.842. The van der Waals surface area contributed by atoms with Gasteiger partial charge in [0.15, 0.2) is 12.5 Å². The van der Waals surface area contributed by atoms with Crippen LogP contribution in [-0.4, -0.2) is 24.8 Å². The molecule has 1 aromatic carbocycles. The van der Waals surface area contributed by atoms with E-state index in [2.05, 4.69) is 5.32 Å². The highest BCUT2D eigenvalue weighted by Crippen LogP contribution is 2.29. The molecule has 3 atom stereocenters. The molecule has 0 amide bonds. The number of alkyl halides is 1. The van der Waals surface area contributed by atoms with E-state index < -0.39 is 12.7 Å². The highest BCUT2D eigenvalue weighted by molar-refractivity contribution is 6.30. The van der Waals surface area contributed by atoms with E-state index in [0.29, 0.717) is 5.02 Å². The lowest BCUT2D eigenvalue weighted by molar-refractivity contribution is -0.0571. The van der Waals surface area contributed by atoms with Gasteiger partial charge in [0, 0.05) is 5.02 Å². The van der Waals surface area contributed by atoms with E-state index in [1.54, 1.807) is 18.2 Å². The molecule has 1 aliphatic heterocycles. The molecule has 19 heavy (non-hydrogen) atoms. The van der Waals surface area contributed by atoms with Gasteiger partial charge in [-0.3, -0.25) is 5.32 Å². The zero-order valence-electron chi connectivity index (χ0n) is 11.3. The molecule has 3 unspecified atom stereocenters. The second kappa shape index (κ2) is 5.75. The fourth-order valence-electron chi connectivity index (χ4n) is 1.81. The maximum Gasteiger partial charge on any atom is 0.200 e. The molecule has 0 aliphatic carbocycles. The maximum atomic E-state index is 13.1. The van der Waals surface area contributed by atoms with Crippen molar-refractivity contribution in [3.05, 3.63) is 34.9 Å². The van der Waals surface area contributed by atoms with Crippen LogP contribution < -0.4 is 5.32 Å². The van der Waals surface area contributed by atoms with Gasteiger partial charge in [0.2, 0.25) is 0 Å². The number of nitrogens with one attached hydrogen (secondary N) is 1. The first kappa shape index (κ1) is 14.7. The molecule has 0 radical (unpaired) electrons. The third kappa shape index (κ3) is 4.42. The summed E-state index contributed by atoms with van der Waals surface area (Å²) in [5, 5.41) is 3.67. The molecule has 0 saturated carbocycles. The third-order valence-corrected chi connectivity index (χ3v) is 2.93. The first-order valence-corrected chi connectivity index (χ1v) is 6.67. The number of benzene rings is 1. The molecule has 106 valence electrons. The second-order valence-electron chi connectivity index (χ2n) is 5.58. The van der Waals surface area contributed by atoms with Crippen LogP contribution in [0.5, 0.6) is 0 Å². The Labute approximate surface area is 118 Å². The van der Waals surface area contributed by atoms with Crippen LogP contribution in [-0.2, 0) is 9.47 Å². The van der Waals surface area contributed by atoms with Crippen LogP contribution in [0.15, 0.2) is 24.3 Å². The molecule has 5 heteroatoms. The number of rotatable bonds is 5. The van der Waals surface area contributed by atoms with E-state index in [0.717, 1.165) is 5.56 Å². The lowest BCUT2D eigenvalue weighted by atomic mass is 10.1. The predicted octanol–water partition coefficient (Wildman–Crippen LogP) is 3.44. The molecule has 2 rings (SSSR count). The molecular weight excluding hydrogens is 269 g/mol. The maximum absolute atomic E-state index is 13.1. The minimum absolute atomic E-state index is 0.265. The number of ether oxygens (including phenoxy) is 2. The van der Waals surface area contributed by atoms with Crippen molar-refractivity contribution in [1.82, 2.24) is 5.32 Å². The Balaban J connectivity index is 1.91. The topological polar surface area (TPSA) is 33.8 Å². The summed E-state index contributed by atoms with van der Waals surface area (Å²) >= 11 is 5.91. The summed E-state index contributed by atoms with van der Waals surface area (Å²) < 4.78 is 24.1. The van der Waals surface area contributed by atoms with Crippen molar-refractivity contribution >= 4 is 11.6 Å². The first-order valence-electron chi connectivity index (χ1n) is 6.30. The molecule has 1 fully saturated rings. The van der Waals surface area contributed by atoms with Gasteiger partial charge in [0.1, 0.15) is 6.67 Å². The fourth-order valence-corrected chi connectivity index (χ4v) is 2.01. The Hall–Kier alpha value is -0.680. The van der Waals surface area contributed by atoms with Crippen LogP contribution in [0.25, 0.3) is 0 Å². The van der Waals surface area contributed by atoms with Crippen LogP contribution in [0, 0.1) is 0 Å². The van der Waals surface area contributed by atoms with Gasteiger partial charge >= 0.3 is 0 Å². The van der Waals surface area contributed by atoms with Crippen LogP contribution >= 0.6 is 11.6 Å². The fraction of sp³-hybridized carbons (Fsp3) is 0.571. The van der Waals surface area contributed by atoms with E-state index in [1.165, 1.54) is 0 Å². The Kier molecular flexibility index (Phi) is 4.46. The molecule has 0 aromatic heterocycles. The Morgan fingerprint density at radius 3 is 2.79 bits per heavy atom.